The average Bonchev–Trinajstić information content (AvgIpc) is 3.07. The predicted octanol–water partition coefficient (Wildman–Crippen LogP) is 11.1. The summed E-state index contributed by atoms with van der Waals surface area (Å²) in [5.74, 6) is 0. The minimum absolute atomic E-state index is 0.109. The van der Waals surface area contributed by atoms with Gasteiger partial charge in [0.15, 0.2) is 5.43 Å². The van der Waals surface area contributed by atoms with Crippen LogP contribution in [0.3, 0.4) is 0 Å². The summed E-state index contributed by atoms with van der Waals surface area (Å²) >= 11 is 0. The van der Waals surface area contributed by atoms with Crippen LogP contribution < -0.4 is 5.43 Å². The summed E-state index contributed by atoms with van der Waals surface area (Å²) in [6.07, 6.45) is 0. The van der Waals surface area contributed by atoms with E-state index in [0.717, 1.165) is 21.8 Å². The van der Waals surface area contributed by atoms with E-state index >= 15 is 0 Å². The van der Waals surface area contributed by atoms with Gasteiger partial charge in [0.2, 0.25) is 0 Å². The molecule has 0 fully saturated rings. The lowest BCUT2D eigenvalue weighted by atomic mass is 9.86. The van der Waals surface area contributed by atoms with E-state index in [1.165, 1.54) is 92.4 Å². The Bertz CT molecular complexity index is 2930. The van der Waals surface area contributed by atoms with Gasteiger partial charge in [-0.3, -0.25) is 4.79 Å². The van der Waals surface area contributed by atoms with Crippen molar-refractivity contribution in [3.63, 3.8) is 0 Å². The number of rotatable bonds is 1. The number of aromatic nitrogens is 1. The zero-order valence-corrected chi connectivity index (χ0v) is 24.8. The maximum atomic E-state index is 14.4. The minimum atomic E-state index is 0.109. The molecular formula is C43H25NO. The van der Waals surface area contributed by atoms with Crippen molar-refractivity contribution in [1.82, 2.24) is 4.40 Å². The molecule has 0 saturated heterocycles. The summed E-state index contributed by atoms with van der Waals surface area (Å²) in [5.41, 5.74) is 8.43. The lowest BCUT2D eigenvalue weighted by Crippen LogP contribution is -2.11. The van der Waals surface area contributed by atoms with Crippen molar-refractivity contribution in [2.75, 3.05) is 0 Å². The van der Waals surface area contributed by atoms with Crippen LogP contribution in [0.1, 0.15) is 11.1 Å². The molecule has 0 unspecified atom stereocenters. The predicted molar refractivity (Wildman–Crippen MR) is 192 cm³/mol. The van der Waals surface area contributed by atoms with E-state index < -0.39 is 0 Å². The smallest absolute Gasteiger partial charge is 0.197 e. The van der Waals surface area contributed by atoms with Crippen molar-refractivity contribution in [2.24, 2.45) is 0 Å². The Morgan fingerprint density at radius 3 is 1.44 bits per heavy atom. The molecule has 0 saturated carbocycles. The molecule has 0 atom stereocenters. The van der Waals surface area contributed by atoms with Crippen LogP contribution in [-0.4, -0.2) is 4.40 Å². The fraction of sp³-hybridized carbons (Fsp3) is 0.0465. The van der Waals surface area contributed by atoms with Crippen molar-refractivity contribution in [3.8, 4) is 11.1 Å². The number of nitrogens with zero attached hydrogens (tertiary/aromatic N) is 1. The molecule has 2 nitrogen and oxygen atoms in total. The molecule has 0 aliphatic carbocycles. The fourth-order valence-corrected chi connectivity index (χ4v) is 8.80. The number of fused-ring (bicyclic) bond motifs is 6. The van der Waals surface area contributed by atoms with Crippen LogP contribution in [0.25, 0.3) is 103 Å². The first kappa shape index (κ1) is 23.7. The molecule has 45 heavy (non-hydrogen) atoms. The first-order chi connectivity index (χ1) is 22.1. The summed E-state index contributed by atoms with van der Waals surface area (Å²) in [6, 6.07) is 41.9. The van der Waals surface area contributed by atoms with Crippen LogP contribution >= 0.6 is 0 Å². The third-order valence-corrected chi connectivity index (χ3v) is 10.6. The van der Waals surface area contributed by atoms with Gasteiger partial charge in [-0.15, -0.1) is 0 Å². The zero-order valence-electron chi connectivity index (χ0n) is 24.8. The van der Waals surface area contributed by atoms with E-state index in [1.807, 2.05) is 0 Å². The third-order valence-electron chi connectivity index (χ3n) is 10.6. The first-order valence-corrected chi connectivity index (χ1v) is 15.7. The van der Waals surface area contributed by atoms with Crippen LogP contribution in [0.2, 0.25) is 0 Å². The largest absolute Gasteiger partial charge is 0.306 e. The quantitative estimate of drug-likeness (QED) is 0.142. The summed E-state index contributed by atoms with van der Waals surface area (Å²) in [6.45, 7) is 4.43. The topological polar surface area (TPSA) is 21.5 Å². The molecule has 0 N–H and O–H groups in total. The first-order valence-electron chi connectivity index (χ1n) is 15.7. The summed E-state index contributed by atoms with van der Waals surface area (Å²) in [7, 11) is 0. The van der Waals surface area contributed by atoms with Crippen LogP contribution in [-0.2, 0) is 0 Å². The Morgan fingerprint density at radius 1 is 0.422 bits per heavy atom. The van der Waals surface area contributed by atoms with Gasteiger partial charge in [0.05, 0.1) is 16.6 Å². The monoisotopic (exact) mass is 571 g/mol. The van der Waals surface area contributed by atoms with E-state index in [0.29, 0.717) is 0 Å². The number of hydrogen-bond donors (Lipinski definition) is 0. The highest BCUT2D eigenvalue weighted by atomic mass is 16.1. The van der Waals surface area contributed by atoms with Crippen LogP contribution in [0, 0.1) is 13.8 Å². The van der Waals surface area contributed by atoms with E-state index in [4.69, 9.17) is 0 Å². The lowest BCUT2D eigenvalue weighted by molar-refractivity contribution is 1.34. The molecule has 2 heteroatoms. The van der Waals surface area contributed by atoms with E-state index in [1.54, 1.807) is 0 Å². The normalized spacial score (nSPS) is 12.8. The number of hydrogen-bond acceptors (Lipinski definition) is 1. The van der Waals surface area contributed by atoms with Crippen molar-refractivity contribution in [2.45, 2.75) is 13.8 Å². The van der Waals surface area contributed by atoms with Gasteiger partial charge >= 0.3 is 0 Å². The van der Waals surface area contributed by atoms with Crippen molar-refractivity contribution in [1.29, 1.82) is 0 Å². The van der Waals surface area contributed by atoms with Crippen LogP contribution in [0.4, 0.5) is 0 Å². The second-order valence-corrected chi connectivity index (χ2v) is 12.9. The maximum absolute atomic E-state index is 14.4. The molecule has 0 aliphatic rings. The van der Waals surface area contributed by atoms with Gasteiger partial charge in [-0.1, -0.05) is 78.9 Å². The lowest BCUT2D eigenvalue weighted by Gasteiger charge is -2.25. The van der Waals surface area contributed by atoms with Crippen molar-refractivity contribution < 1.29 is 0 Å². The van der Waals surface area contributed by atoms with Gasteiger partial charge in [0.25, 0.3) is 0 Å². The highest BCUT2D eigenvalue weighted by Gasteiger charge is 2.26. The Labute approximate surface area is 257 Å². The van der Waals surface area contributed by atoms with E-state index in [-0.39, 0.29) is 5.43 Å². The highest BCUT2D eigenvalue weighted by Crippen LogP contribution is 2.48. The van der Waals surface area contributed by atoms with Gasteiger partial charge in [-0.2, -0.15) is 0 Å². The molecule has 0 radical (unpaired) electrons. The molecule has 3 heterocycles. The number of pyridine rings is 3. The molecule has 8 aromatic carbocycles. The van der Waals surface area contributed by atoms with E-state index in [9.17, 15) is 4.79 Å². The molecule has 208 valence electrons. The van der Waals surface area contributed by atoms with Gasteiger partial charge < -0.3 is 4.40 Å². The Morgan fingerprint density at radius 2 is 0.911 bits per heavy atom. The SMILES string of the molecule is Cc1cccc(C)c1-c1cc2c3cc4ccccc4c4ccc5c(=O)c6ccc7c8ccccc8cc8c(c1)c2n(c5c43)c6c78. The van der Waals surface area contributed by atoms with Crippen molar-refractivity contribution >= 4 is 92.0 Å². The summed E-state index contributed by atoms with van der Waals surface area (Å²) < 4.78 is 2.46. The molecule has 0 amide bonds. The molecule has 0 spiro atoms. The average molecular weight is 572 g/mol. The zero-order chi connectivity index (χ0) is 29.7. The molecule has 0 bridgehead atoms. The second kappa shape index (κ2) is 7.85. The van der Waals surface area contributed by atoms with Gasteiger partial charge in [0, 0.05) is 32.3 Å². The minimum Gasteiger partial charge on any atom is -0.306 e. The highest BCUT2D eigenvalue weighted by molar-refractivity contribution is 6.38. The summed E-state index contributed by atoms with van der Waals surface area (Å²) in [4.78, 5) is 14.4. The van der Waals surface area contributed by atoms with Gasteiger partial charge in [0.1, 0.15) is 0 Å². The molecule has 3 aromatic heterocycles. The summed E-state index contributed by atoms with van der Waals surface area (Å²) in [5, 5.41) is 16.0. The molecule has 11 aromatic rings. The molecule has 0 aliphatic heterocycles. The maximum Gasteiger partial charge on any atom is 0.197 e. The molecular weight excluding hydrogens is 546 g/mol. The standard InChI is InChI=1S/C43H25NO/c1-22-8-7-9-23(2)37(22)26-20-35-33-18-24-10-3-5-12-27(24)29-14-16-31-41(38(29)33)44-40(35)36(21-26)34-19-25-11-4-6-13-28(25)30-15-17-32(43(31)45)42(44)39(30)34/h3-21H,1-2H3. The van der Waals surface area contributed by atoms with Gasteiger partial charge in [-0.25, -0.2) is 0 Å². The molecule has 11 rings (SSSR count). The number of benzene rings is 8. The number of aryl methyl sites for hydroxylation is 2. The van der Waals surface area contributed by atoms with Crippen LogP contribution in [0.15, 0.2) is 120 Å². The second-order valence-electron chi connectivity index (χ2n) is 12.9. The Kier molecular flexibility index (Phi) is 4.14. The fourth-order valence-electron chi connectivity index (χ4n) is 8.80. The Hall–Kier alpha value is -5.73. The van der Waals surface area contributed by atoms with Crippen LogP contribution in [0.5, 0.6) is 0 Å². The Balaban J connectivity index is 1.56. The third kappa shape index (κ3) is 2.71. The van der Waals surface area contributed by atoms with Crippen molar-refractivity contribution in [3.05, 3.63) is 137 Å². The van der Waals surface area contributed by atoms with Gasteiger partial charge in [-0.05, 0) is 116 Å². The van der Waals surface area contributed by atoms with E-state index in [2.05, 4.69) is 134 Å².